The van der Waals surface area contributed by atoms with Crippen LogP contribution in [0.15, 0.2) is 6.20 Å². The fourth-order valence-electron chi connectivity index (χ4n) is 3.26. The van der Waals surface area contributed by atoms with Crippen molar-refractivity contribution in [3.05, 3.63) is 11.9 Å². The Morgan fingerprint density at radius 2 is 2.11 bits per heavy atom. The summed E-state index contributed by atoms with van der Waals surface area (Å²) in [6.07, 6.45) is 9.74. The Morgan fingerprint density at radius 3 is 2.72 bits per heavy atom. The van der Waals surface area contributed by atoms with Crippen LogP contribution in [0.2, 0.25) is 0 Å². The largest absolute Gasteiger partial charge is 0.341 e. The minimum absolute atomic E-state index is 0.323. The number of imidazole rings is 1. The van der Waals surface area contributed by atoms with E-state index in [0.29, 0.717) is 12.1 Å². The molecule has 0 amide bonds. The molecule has 4 nitrogen and oxygen atoms in total. The Kier molecular flexibility index (Phi) is 3.29. The highest BCUT2D eigenvalue weighted by Crippen LogP contribution is 2.34. The Bertz CT molecular complexity index is 406. The topological polar surface area (TPSA) is 47.1 Å². The predicted molar refractivity (Wildman–Crippen MR) is 73.9 cm³/mol. The molecular weight excluding hydrogens is 224 g/mol. The Labute approximate surface area is 109 Å². The van der Waals surface area contributed by atoms with E-state index in [-0.39, 0.29) is 0 Å². The molecule has 100 valence electrons. The standard InChI is InChI=1S/C14H24N4/c1-2-12-10-18(13-5-3-4-6-13)14(16-12)17-8-7-11(15)9-17/h10-11,13H,2-9,15H2,1H3. The van der Waals surface area contributed by atoms with Gasteiger partial charge in [0, 0.05) is 31.4 Å². The Balaban J connectivity index is 1.88. The number of nitrogens with two attached hydrogens (primary N) is 1. The lowest BCUT2D eigenvalue weighted by molar-refractivity contribution is 0.515. The van der Waals surface area contributed by atoms with Gasteiger partial charge in [0.05, 0.1) is 5.69 Å². The number of nitrogens with zero attached hydrogens (tertiary/aromatic N) is 3. The maximum absolute atomic E-state index is 6.03. The summed E-state index contributed by atoms with van der Waals surface area (Å²) in [4.78, 5) is 7.20. The summed E-state index contributed by atoms with van der Waals surface area (Å²) in [7, 11) is 0. The molecule has 4 heteroatoms. The molecule has 0 spiro atoms. The van der Waals surface area contributed by atoms with E-state index in [1.807, 2.05) is 0 Å². The first kappa shape index (κ1) is 12.0. The summed E-state index contributed by atoms with van der Waals surface area (Å²) in [5, 5.41) is 0. The molecule has 2 aliphatic rings. The molecule has 1 atom stereocenters. The number of aryl methyl sites for hydroxylation is 1. The molecule has 1 aliphatic heterocycles. The van der Waals surface area contributed by atoms with Gasteiger partial charge in [-0.05, 0) is 25.7 Å². The molecular formula is C14H24N4. The third-order valence-electron chi connectivity index (χ3n) is 4.35. The molecule has 1 aliphatic carbocycles. The zero-order valence-corrected chi connectivity index (χ0v) is 11.3. The van der Waals surface area contributed by atoms with Crippen LogP contribution < -0.4 is 10.6 Å². The van der Waals surface area contributed by atoms with E-state index >= 15 is 0 Å². The average molecular weight is 248 g/mol. The highest BCUT2D eigenvalue weighted by atomic mass is 15.3. The van der Waals surface area contributed by atoms with Crippen molar-refractivity contribution in [2.75, 3.05) is 18.0 Å². The molecule has 0 radical (unpaired) electrons. The summed E-state index contributed by atoms with van der Waals surface area (Å²) >= 11 is 0. The van der Waals surface area contributed by atoms with Crippen LogP contribution in [0.5, 0.6) is 0 Å². The van der Waals surface area contributed by atoms with Crippen LogP contribution in [-0.4, -0.2) is 28.7 Å². The molecule has 3 rings (SSSR count). The zero-order valence-electron chi connectivity index (χ0n) is 11.3. The van der Waals surface area contributed by atoms with Gasteiger partial charge < -0.3 is 15.2 Å². The van der Waals surface area contributed by atoms with Crippen molar-refractivity contribution in [1.29, 1.82) is 0 Å². The van der Waals surface area contributed by atoms with Crippen LogP contribution in [-0.2, 0) is 6.42 Å². The van der Waals surface area contributed by atoms with Crippen molar-refractivity contribution in [2.24, 2.45) is 5.73 Å². The molecule has 1 saturated heterocycles. The molecule has 0 bridgehead atoms. The zero-order chi connectivity index (χ0) is 12.5. The van der Waals surface area contributed by atoms with Crippen molar-refractivity contribution in [3.63, 3.8) is 0 Å². The maximum atomic E-state index is 6.03. The van der Waals surface area contributed by atoms with Crippen molar-refractivity contribution < 1.29 is 0 Å². The van der Waals surface area contributed by atoms with Crippen LogP contribution in [0.25, 0.3) is 0 Å². The number of aromatic nitrogens is 2. The first-order valence-electron chi connectivity index (χ1n) is 7.36. The van der Waals surface area contributed by atoms with Crippen LogP contribution in [0.3, 0.4) is 0 Å². The Hall–Kier alpha value is -1.03. The van der Waals surface area contributed by atoms with Gasteiger partial charge >= 0.3 is 0 Å². The van der Waals surface area contributed by atoms with Crippen LogP contribution in [0.4, 0.5) is 5.95 Å². The number of hydrogen-bond donors (Lipinski definition) is 1. The second kappa shape index (κ2) is 4.92. The SMILES string of the molecule is CCc1cn(C2CCCC2)c(N2CCC(N)C2)n1. The average Bonchev–Trinajstić information content (AvgIpc) is 3.07. The van der Waals surface area contributed by atoms with Crippen molar-refractivity contribution >= 4 is 5.95 Å². The second-order valence-electron chi connectivity index (χ2n) is 5.73. The van der Waals surface area contributed by atoms with Crippen LogP contribution in [0, 0.1) is 0 Å². The summed E-state index contributed by atoms with van der Waals surface area (Å²) in [5.41, 5.74) is 7.25. The normalized spacial score (nSPS) is 25.2. The van der Waals surface area contributed by atoms with Gasteiger partial charge in [-0.1, -0.05) is 19.8 Å². The smallest absolute Gasteiger partial charge is 0.206 e. The van der Waals surface area contributed by atoms with Crippen LogP contribution >= 0.6 is 0 Å². The third-order valence-corrected chi connectivity index (χ3v) is 4.35. The maximum Gasteiger partial charge on any atom is 0.206 e. The first-order chi connectivity index (χ1) is 8.78. The van der Waals surface area contributed by atoms with E-state index in [9.17, 15) is 0 Å². The number of anilines is 1. The van der Waals surface area contributed by atoms with Crippen LogP contribution in [0.1, 0.15) is 50.8 Å². The lowest BCUT2D eigenvalue weighted by Crippen LogP contribution is -2.28. The minimum Gasteiger partial charge on any atom is -0.341 e. The van der Waals surface area contributed by atoms with Gasteiger partial charge in [0.15, 0.2) is 0 Å². The summed E-state index contributed by atoms with van der Waals surface area (Å²) < 4.78 is 2.43. The minimum atomic E-state index is 0.323. The van der Waals surface area contributed by atoms with Gasteiger partial charge in [0.1, 0.15) is 0 Å². The molecule has 2 heterocycles. The predicted octanol–water partition coefficient (Wildman–Crippen LogP) is 2.10. The van der Waals surface area contributed by atoms with Crippen molar-refractivity contribution in [1.82, 2.24) is 9.55 Å². The number of rotatable bonds is 3. The van der Waals surface area contributed by atoms with Gasteiger partial charge in [-0.25, -0.2) is 4.98 Å². The van der Waals surface area contributed by atoms with Gasteiger partial charge in [0.2, 0.25) is 5.95 Å². The monoisotopic (exact) mass is 248 g/mol. The van der Waals surface area contributed by atoms with Gasteiger partial charge in [-0.3, -0.25) is 0 Å². The van der Waals surface area contributed by atoms with Gasteiger partial charge in [-0.15, -0.1) is 0 Å². The highest BCUT2D eigenvalue weighted by Gasteiger charge is 2.27. The van der Waals surface area contributed by atoms with E-state index < -0.39 is 0 Å². The van der Waals surface area contributed by atoms with E-state index in [0.717, 1.165) is 25.9 Å². The van der Waals surface area contributed by atoms with E-state index in [2.05, 4.69) is 22.6 Å². The molecule has 1 saturated carbocycles. The fourth-order valence-corrected chi connectivity index (χ4v) is 3.26. The van der Waals surface area contributed by atoms with Gasteiger partial charge in [0.25, 0.3) is 0 Å². The second-order valence-corrected chi connectivity index (χ2v) is 5.73. The molecule has 1 aromatic heterocycles. The molecule has 1 unspecified atom stereocenters. The lowest BCUT2D eigenvalue weighted by Gasteiger charge is -2.22. The van der Waals surface area contributed by atoms with E-state index in [1.165, 1.54) is 37.3 Å². The van der Waals surface area contributed by atoms with Crippen molar-refractivity contribution in [3.8, 4) is 0 Å². The third kappa shape index (κ3) is 2.14. The molecule has 2 N–H and O–H groups in total. The molecule has 0 aromatic carbocycles. The van der Waals surface area contributed by atoms with E-state index in [1.54, 1.807) is 0 Å². The molecule has 2 fully saturated rings. The molecule has 18 heavy (non-hydrogen) atoms. The quantitative estimate of drug-likeness (QED) is 0.891. The summed E-state index contributed by atoms with van der Waals surface area (Å²) in [6, 6.07) is 0.994. The first-order valence-corrected chi connectivity index (χ1v) is 7.36. The molecule has 1 aromatic rings. The Morgan fingerprint density at radius 1 is 1.33 bits per heavy atom. The van der Waals surface area contributed by atoms with E-state index in [4.69, 9.17) is 10.7 Å². The lowest BCUT2D eigenvalue weighted by atomic mass is 10.2. The van der Waals surface area contributed by atoms with Gasteiger partial charge in [-0.2, -0.15) is 0 Å². The highest BCUT2D eigenvalue weighted by molar-refractivity contribution is 5.36. The summed E-state index contributed by atoms with van der Waals surface area (Å²) in [6.45, 7) is 4.21. The fraction of sp³-hybridized carbons (Fsp3) is 0.786. The number of hydrogen-bond acceptors (Lipinski definition) is 3. The van der Waals surface area contributed by atoms with Crippen molar-refractivity contribution in [2.45, 2.75) is 57.5 Å². The summed E-state index contributed by atoms with van der Waals surface area (Å²) in [5.74, 6) is 1.17.